The van der Waals surface area contributed by atoms with Crippen LogP contribution in [0.3, 0.4) is 0 Å². The lowest BCUT2D eigenvalue weighted by Gasteiger charge is -2.12. The average Bonchev–Trinajstić information content (AvgIpc) is 3.37. The van der Waals surface area contributed by atoms with E-state index < -0.39 is 5.82 Å². The lowest BCUT2D eigenvalue weighted by Crippen LogP contribution is -2.17. The number of nitrogens with one attached hydrogen (secondary N) is 1. The minimum absolute atomic E-state index is 0.258. The lowest BCUT2D eigenvalue weighted by atomic mass is 10.2. The zero-order chi connectivity index (χ0) is 23.2. The van der Waals surface area contributed by atoms with Gasteiger partial charge in [-0.15, -0.1) is 0 Å². The molecule has 6 nitrogen and oxygen atoms in total. The van der Waals surface area contributed by atoms with Crippen molar-refractivity contribution in [3.8, 4) is 0 Å². The van der Waals surface area contributed by atoms with Crippen molar-refractivity contribution < 1.29 is 13.6 Å². The van der Waals surface area contributed by atoms with Gasteiger partial charge in [-0.1, -0.05) is 12.1 Å². The molecule has 0 atom stereocenters. The quantitative estimate of drug-likeness (QED) is 0.388. The van der Waals surface area contributed by atoms with Crippen molar-refractivity contribution in [2.75, 3.05) is 5.32 Å². The maximum atomic E-state index is 13.9. The fourth-order valence-electron chi connectivity index (χ4n) is 4.24. The van der Waals surface area contributed by atoms with E-state index in [9.17, 15) is 13.6 Å². The molecule has 34 heavy (non-hydrogen) atoms. The van der Waals surface area contributed by atoms with Gasteiger partial charge in [0.2, 0.25) is 5.78 Å². The minimum atomic E-state index is -0.394. The highest BCUT2D eigenvalue weighted by Gasteiger charge is 2.18. The van der Waals surface area contributed by atoms with Crippen molar-refractivity contribution in [3.63, 3.8) is 0 Å². The molecule has 3 aromatic heterocycles. The summed E-state index contributed by atoms with van der Waals surface area (Å²) in [5, 5.41) is 3.52. The molecule has 0 aliphatic carbocycles. The van der Waals surface area contributed by atoms with E-state index in [0.29, 0.717) is 33.6 Å². The third kappa shape index (κ3) is 3.45. The molecule has 1 N–H and O–H groups in total. The van der Waals surface area contributed by atoms with Crippen molar-refractivity contribution in [1.29, 1.82) is 0 Å². The summed E-state index contributed by atoms with van der Waals surface area (Å²) in [4.78, 5) is 22.1. The molecule has 0 fully saturated rings. The SMILES string of the molecule is O=C(Nc1ccc2nc3ncccn3c2c1)c1cc2cc(F)ccc2n1Cc1cccc(F)c1. The van der Waals surface area contributed by atoms with Gasteiger partial charge in [0.05, 0.1) is 11.0 Å². The number of aromatic nitrogens is 4. The van der Waals surface area contributed by atoms with Gasteiger partial charge in [-0.3, -0.25) is 9.20 Å². The largest absolute Gasteiger partial charge is 0.332 e. The smallest absolute Gasteiger partial charge is 0.272 e. The third-order valence-electron chi connectivity index (χ3n) is 5.77. The molecular formula is C26H17F2N5O. The first-order chi connectivity index (χ1) is 16.5. The second-order valence-electron chi connectivity index (χ2n) is 8.01. The molecule has 0 aliphatic rings. The monoisotopic (exact) mass is 453 g/mol. The van der Waals surface area contributed by atoms with E-state index in [0.717, 1.165) is 11.0 Å². The molecule has 166 valence electrons. The number of benzene rings is 3. The van der Waals surface area contributed by atoms with Gasteiger partial charge in [0.1, 0.15) is 17.3 Å². The summed E-state index contributed by atoms with van der Waals surface area (Å²) >= 11 is 0. The first kappa shape index (κ1) is 20.0. The van der Waals surface area contributed by atoms with E-state index in [-0.39, 0.29) is 18.3 Å². The number of rotatable bonds is 4. The Bertz CT molecular complexity index is 1720. The highest BCUT2D eigenvalue weighted by atomic mass is 19.1. The van der Waals surface area contributed by atoms with Gasteiger partial charge in [-0.2, -0.15) is 0 Å². The van der Waals surface area contributed by atoms with E-state index in [1.54, 1.807) is 41.1 Å². The summed E-state index contributed by atoms with van der Waals surface area (Å²) in [6.45, 7) is 0.258. The molecule has 6 rings (SSSR count). The number of fused-ring (bicyclic) bond motifs is 4. The molecule has 0 radical (unpaired) electrons. The number of halogens is 2. The summed E-state index contributed by atoms with van der Waals surface area (Å²) < 4.78 is 31.3. The van der Waals surface area contributed by atoms with Crippen LogP contribution in [-0.4, -0.2) is 24.8 Å². The predicted molar refractivity (Wildman–Crippen MR) is 126 cm³/mol. The van der Waals surface area contributed by atoms with Crippen LogP contribution in [-0.2, 0) is 6.54 Å². The number of hydrogen-bond acceptors (Lipinski definition) is 3. The Morgan fingerprint density at radius 2 is 1.79 bits per heavy atom. The van der Waals surface area contributed by atoms with Crippen LogP contribution in [0.25, 0.3) is 27.7 Å². The number of nitrogens with zero attached hydrogens (tertiary/aromatic N) is 4. The van der Waals surface area contributed by atoms with Gasteiger partial charge in [-0.25, -0.2) is 18.7 Å². The van der Waals surface area contributed by atoms with Crippen molar-refractivity contribution in [2.24, 2.45) is 0 Å². The Balaban J connectivity index is 1.40. The number of anilines is 1. The molecule has 0 spiro atoms. The maximum absolute atomic E-state index is 13.9. The van der Waals surface area contributed by atoms with Gasteiger partial charge in [0.15, 0.2) is 0 Å². The van der Waals surface area contributed by atoms with Crippen molar-refractivity contribution in [1.82, 2.24) is 18.9 Å². The van der Waals surface area contributed by atoms with Gasteiger partial charge in [-0.05, 0) is 66.2 Å². The number of hydrogen-bond donors (Lipinski definition) is 1. The molecule has 0 saturated heterocycles. The summed E-state index contributed by atoms with van der Waals surface area (Å²) in [6, 6.07) is 19.4. The fraction of sp³-hybridized carbons (Fsp3) is 0.0385. The van der Waals surface area contributed by atoms with Crippen molar-refractivity contribution in [2.45, 2.75) is 6.54 Å². The van der Waals surface area contributed by atoms with Crippen LogP contribution in [0.4, 0.5) is 14.5 Å². The molecule has 3 aromatic carbocycles. The van der Waals surface area contributed by atoms with Crippen LogP contribution >= 0.6 is 0 Å². The van der Waals surface area contributed by atoms with Gasteiger partial charge >= 0.3 is 0 Å². The van der Waals surface area contributed by atoms with E-state index in [1.807, 2.05) is 28.8 Å². The molecule has 0 saturated carbocycles. The minimum Gasteiger partial charge on any atom is -0.332 e. The molecule has 3 heterocycles. The van der Waals surface area contributed by atoms with Gasteiger partial charge in [0, 0.05) is 35.5 Å². The van der Waals surface area contributed by atoms with Crippen molar-refractivity contribution in [3.05, 3.63) is 108 Å². The van der Waals surface area contributed by atoms with Gasteiger partial charge < -0.3 is 9.88 Å². The highest BCUT2D eigenvalue weighted by Crippen LogP contribution is 2.25. The van der Waals surface area contributed by atoms with E-state index in [1.165, 1.54) is 24.3 Å². The Morgan fingerprint density at radius 1 is 0.912 bits per heavy atom. The summed E-state index contributed by atoms with van der Waals surface area (Å²) in [6.07, 6.45) is 3.53. The van der Waals surface area contributed by atoms with Crippen LogP contribution < -0.4 is 5.32 Å². The number of amides is 1. The molecule has 0 aliphatic heterocycles. The molecule has 1 amide bonds. The number of imidazole rings is 1. The van der Waals surface area contributed by atoms with Gasteiger partial charge in [0.25, 0.3) is 5.91 Å². The Morgan fingerprint density at radius 3 is 2.68 bits per heavy atom. The van der Waals surface area contributed by atoms with Crippen LogP contribution in [0, 0.1) is 11.6 Å². The molecular weight excluding hydrogens is 436 g/mol. The lowest BCUT2D eigenvalue weighted by molar-refractivity contribution is 0.101. The zero-order valence-electron chi connectivity index (χ0n) is 17.7. The highest BCUT2D eigenvalue weighted by molar-refractivity contribution is 6.07. The third-order valence-corrected chi connectivity index (χ3v) is 5.77. The maximum Gasteiger partial charge on any atom is 0.272 e. The van der Waals surface area contributed by atoms with Crippen LogP contribution in [0.15, 0.2) is 85.2 Å². The second-order valence-corrected chi connectivity index (χ2v) is 8.01. The summed E-state index contributed by atoms with van der Waals surface area (Å²) in [5.41, 5.74) is 3.85. The fourth-order valence-corrected chi connectivity index (χ4v) is 4.24. The molecule has 8 heteroatoms. The Labute approximate surface area is 192 Å². The predicted octanol–water partition coefficient (Wildman–Crippen LogP) is 5.42. The van der Waals surface area contributed by atoms with E-state index >= 15 is 0 Å². The summed E-state index contributed by atoms with van der Waals surface area (Å²) in [7, 11) is 0. The normalized spacial score (nSPS) is 11.5. The Kier molecular flexibility index (Phi) is 4.58. The molecule has 0 bridgehead atoms. The van der Waals surface area contributed by atoms with Crippen LogP contribution in [0.1, 0.15) is 16.1 Å². The van der Waals surface area contributed by atoms with Crippen molar-refractivity contribution >= 4 is 39.3 Å². The second kappa shape index (κ2) is 7.77. The van der Waals surface area contributed by atoms with E-state index in [4.69, 9.17) is 0 Å². The van der Waals surface area contributed by atoms with E-state index in [2.05, 4.69) is 15.3 Å². The molecule has 6 aromatic rings. The standard InChI is InChI=1S/C26H17F2N5O/c27-18-4-1-3-16(11-18)15-33-22-8-5-19(28)12-17(22)13-24(33)25(34)30-20-6-7-21-23(14-20)32-10-2-9-29-26(32)31-21/h1-14H,15H2,(H,30,34). The first-order valence-electron chi connectivity index (χ1n) is 10.6. The topological polar surface area (TPSA) is 64.2 Å². The summed E-state index contributed by atoms with van der Waals surface area (Å²) in [5.74, 6) is -0.548. The zero-order valence-corrected chi connectivity index (χ0v) is 17.7. The average molecular weight is 453 g/mol. The first-order valence-corrected chi connectivity index (χ1v) is 10.6. The number of carbonyl (C=O) groups is 1. The molecule has 0 unspecified atom stereocenters. The van der Waals surface area contributed by atoms with Crippen LogP contribution in [0.2, 0.25) is 0 Å². The van der Waals surface area contributed by atoms with Crippen LogP contribution in [0.5, 0.6) is 0 Å². The Hall–Kier alpha value is -4.59. The number of carbonyl (C=O) groups excluding carboxylic acids is 1.